The number of nitrogens with zero attached hydrogens (tertiary/aromatic N) is 2. The zero-order valence-electron chi connectivity index (χ0n) is 18.9. The van der Waals surface area contributed by atoms with Crippen LogP contribution >= 0.6 is 0 Å². The highest BCUT2D eigenvalue weighted by atomic mass is 16.5. The third-order valence-electron chi connectivity index (χ3n) is 5.26. The van der Waals surface area contributed by atoms with Crippen LogP contribution in [0.1, 0.15) is 41.3 Å². The lowest BCUT2D eigenvalue weighted by atomic mass is 9.91. The summed E-state index contributed by atoms with van der Waals surface area (Å²) >= 11 is 0. The highest BCUT2D eigenvalue weighted by molar-refractivity contribution is 6.01. The number of ketones is 1. The van der Waals surface area contributed by atoms with Crippen LogP contribution in [0.5, 0.6) is 0 Å². The number of benzene rings is 2. The fourth-order valence-corrected chi connectivity index (χ4v) is 3.63. The van der Waals surface area contributed by atoms with Crippen LogP contribution in [0.4, 0.5) is 5.82 Å². The molecule has 0 unspecified atom stereocenters. The lowest BCUT2D eigenvalue weighted by molar-refractivity contribution is -0.143. The van der Waals surface area contributed by atoms with Crippen LogP contribution in [0.3, 0.4) is 0 Å². The zero-order valence-corrected chi connectivity index (χ0v) is 18.9. The van der Waals surface area contributed by atoms with Crippen LogP contribution in [0.25, 0.3) is 0 Å². The van der Waals surface area contributed by atoms with Crippen LogP contribution in [0.2, 0.25) is 0 Å². The molecule has 0 saturated heterocycles. The first-order valence-corrected chi connectivity index (χ1v) is 10.6. The average Bonchev–Trinajstić information content (AvgIpc) is 2.81. The Bertz CT molecular complexity index is 1220. The molecule has 33 heavy (non-hydrogen) atoms. The molecule has 0 spiro atoms. The van der Waals surface area contributed by atoms with E-state index in [9.17, 15) is 19.2 Å². The second-order valence-corrected chi connectivity index (χ2v) is 8.20. The number of rotatable bonds is 8. The predicted molar refractivity (Wildman–Crippen MR) is 125 cm³/mol. The Labute approximate surface area is 191 Å². The highest BCUT2D eigenvalue weighted by Crippen LogP contribution is 2.26. The van der Waals surface area contributed by atoms with Gasteiger partial charge in [0.1, 0.15) is 17.3 Å². The van der Waals surface area contributed by atoms with E-state index in [1.165, 1.54) is 11.6 Å². The van der Waals surface area contributed by atoms with E-state index in [1.54, 1.807) is 24.3 Å². The number of hydrogen-bond acceptors (Lipinski definition) is 6. The first-order valence-electron chi connectivity index (χ1n) is 10.6. The molecule has 0 saturated carbocycles. The van der Waals surface area contributed by atoms with E-state index in [1.807, 2.05) is 50.2 Å². The third-order valence-corrected chi connectivity index (χ3v) is 5.26. The van der Waals surface area contributed by atoms with Gasteiger partial charge < -0.3 is 10.5 Å². The molecule has 3 rings (SSSR count). The number of nitrogen functional groups attached to an aromatic ring is 1. The molecule has 0 radical (unpaired) electrons. The van der Waals surface area contributed by atoms with Crippen LogP contribution in [-0.4, -0.2) is 27.5 Å². The molecule has 3 aromatic rings. The van der Waals surface area contributed by atoms with Gasteiger partial charge in [-0.3, -0.25) is 23.5 Å². The number of ether oxygens (including phenoxy) is 1. The minimum atomic E-state index is -0.818. The fraction of sp³-hybridized carbons (Fsp3) is 0.280. The smallest absolute Gasteiger partial charge is 0.332 e. The Kier molecular flexibility index (Phi) is 7.27. The Morgan fingerprint density at radius 1 is 0.939 bits per heavy atom. The lowest BCUT2D eigenvalue weighted by Gasteiger charge is -2.18. The maximum atomic E-state index is 13.0. The van der Waals surface area contributed by atoms with Crippen LogP contribution < -0.4 is 17.0 Å². The van der Waals surface area contributed by atoms with Gasteiger partial charge in [0.2, 0.25) is 5.78 Å². The van der Waals surface area contributed by atoms with Gasteiger partial charge in [-0.25, -0.2) is 4.79 Å². The minimum Gasteiger partial charge on any atom is -0.457 e. The Morgan fingerprint density at radius 2 is 1.45 bits per heavy atom. The van der Waals surface area contributed by atoms with E-state index in [0.717, 1.165) is 4.57 Å². The topological polar surface area (TPSA) is 113 Å². The number of Topliss-reactive ketones (excluding diaryl/α,β-unsaturated/α-hetero) is 1. The van der Waals surface area contributed by atoms with Crippen LogP contribution in [-0.2, 0) is 23.1 Å². The fourth-order valence-electron chi connectivity index (χ4n) is 3.63. The van der Waals surface area contributed by atoms with Crippen molar-refractivity contribution in [3.05, 3.63) is 98.2 Å². The molecule has 0 aliphatic carbocycles. The molecule has 0 fully saturated rings. The molecule has 2 N–H and O–H groups in total. The van der Waals surface area contributed by atoms with E-state index in [-0.39, 0.29) is 23.8 Å². The van der Waals surface area contributed by atoms with Gasteiger partial charge in [-0.05, 0) is 17.0 Å². The molecule has 1 heterocycles. The zero-order chi connectivity index (χ0) is 24.1. The highest BCUT2D eigenvalue weighted by Gasteiger charge is 2.27. The molecule has 0 atom stereocenters. The summed E-state index contributed by atoms with van der Waals surface area (Å²) in [4.78, 5) is 51.0. The Morgan fingerprint density at radius 3 is 1.94 bits per heavy atom. The van der Waals surface area contributed by atoms with Gasteiger partial charge in [-0.15, -0.1) is 0 Å². The molecule has 2 aromatic carbocycles. The number of nitrogens with two attached hydrogens (primary N) is 1. The number of hydrogen-bond donors (Lipinski definition) is 1. The summed E-state index contributed by atoms with van der Waals surface area (Å²) in [7, 11) is 1.28. The lowest BCUT2D eigenvalue weighted by Crippen LogP contribution is -2.43. The quantitative estimate of drug-likeness (QED) is 0.417. The Balaban J connectivity index is 1.89. The number of carbonyl (C=O) groups excluding carboxylic acids is 2. The van der Waals surface area contributed by atoms with Crippen molar-refractivity contribution in [1.29, 1.82) is 0 Å². The molecule has 0 bridgehead atoms. The summed E-state index contributed by atoms with van der Waals surface area (Å²) in [5, 5.41) is 0. The molecule has 8 heteroatoms. The molecule has 0 aliphatic heterocycles. The van der Waals surface area contributed by atoms with Crippen LogP contribution in [0, 0.1) is 5.92 Å². The van der Waals surface area contributed by atoms with Gasteiger partial charge in [-0.1, -0.05) is 74.5 Å². The van der Waals surface area contributed by atoms with Gasteiger partial charge >= 0.3 is 11.7 Å². The summed E-state index contributed by atoms with van der Waals surface area (Å²) in [5.41, 5.74) is 5.68. The third kappa shape index (κ3) is 5.11. The summed E-state index contributed by atoms with van der Waals surface area (Å²) in [6, 6.07) is 18.1. The van der Waals surface area contributed by atoms with E-state index < -0.39 is 35.5 Å². The predicted octanol–water partition coefficient (Wildman–Crippen LogP) is 2.34. The molecular weight excluding hydrogens is 422 g/mol. The SMILES string of the molecule is CC(C)Cn1c(N)c(C(=O)COC(=O)C(c2ccccc2)c2ccccc2)c(=O)n(C)c1=O. The second-order valence-electron chi connectivity index (χ2n) is 8.20. The molecule has 0 aliphatic rings. The van der Waals surface area contributed by atoms with E-state index in [4.69, 9.17) is 10.5 Å². The maximum absolute atomic E-state index is 13.0. The van der Waals surface area contributed by atoms with Crippen molar-refractivity contribution >= 4 is 17.6 Å². The summed E-state index contributed by atoms with van der Waals surface area (Å²) in [6.07, 6.45) is 0. The largest absolute Gasteiger partial charge is 0.457 e. The van der Waals surface area contributed by atoms with Gasteiger partial charge in [-0.2, -0.15) is 0 Å². The average molecular weight is 450 g/mol. The normalized spacial score (nSPS) is 11.1. The number of anilines is 1. The maximum Gasteiger partial charge on any atom is 0.332 e. The second kappa shape index (κ2) is 10.1. The summed E-state index contributed by atoms with van der Waals surface area (Å²) in [5.74, 6) is -2.30. The molecule has 8 nitrogen and oxygen atoms in total. The van der Waals surface area contributed by atoms with Crippen molar-refractivity contribution in [2.45, 2.75) is 26.3 Å². The van der Waals surface area contributed by atoms with E-state index in [2.05, 4.69) is 0 Å². The van der Waals surface area contributed by atoms with Gasteiger partial charge in [0, 0.05) is 13.6 Å². The standard InChI is InChI=1S/C25H27N3O5/c1-16(2)14-28-22(26)21(23(30)27(3)25(28)32)19(29)15-33-24(31)20(17-10-6-4-7-11-17)18-12-8-5-9-13-18/h4-13,16,20H,14-15,26H2,1-3H3. The van der Waals surface area contributed by atoms with Crippen molar-refractivity contribution < 1.29 is 14.3 Å². The molecule has 0 amide bonds. The first-order chi connectivity index (χ1) is 15.7. The molecule has 1 aromatic heterocycles. The first kappa shape index (κ1) is 23.7. The number of esters is 1. The van der Waals surface area contributed by atoms with Crippen molar-refractivity contribution in [1.82, 2.24) is 9.13 Å². The van der Waals surface area contributed by atoms with Gasteiger partial charge in [0.15, 0.2) is 6.61 Å². The van der Waals surface area contributed by atoms with E-state index in [0.29, 0.717) is 11.1 Å². The van der Waals surface area contributed by atoms with Crippen molar-refractivity contribution in [2.75, 3.05) is 12.3 Å². The summed E-state index contributed by atoms with van der Waals surface area (Å²) in [6.45, 7) is 3.33. The van der Waals surface area contributed by atoms with E-state index >= 15 is 0 Å². The number of aromatic nitrogens is 2. The van der Waals surface area contributed by atoms with Crippen LogP contribution in [0.15, 0.2) is 70.3 Å². The van der Waals surface area contributed by atoms with Gasteiger partial charge in [0.25, 0.3) is 5.56 Å². The Hall–Kier alpha value is -3.94. The molecule has 172 valence electrons. The summed E-state index contributed by atoms with van der Waals surface area (Å²) < 4.78 is 7.38. The van der Waals surface area contributed by atoms with Crippen molar-refractivity contribution in [3.63, 3.8) is 0 Å². The molecular formula is C25H27N3O5. The van der Waals surface area contributed by atoms with Crippen molar-refractivity contribution in [2.24, 2.45) is 13.0 Å². The van der Waals surface area contributed by atoms with Crippen molar-refractivity contribution in [3.8, 4) is 0 Å². The minimum absolute atomic E-state index is 0.0563. The number of carbonyl (C=O) groups is 2. The monoisotopic (exact) mass is 449 g/mol. The van der Waals surface area contributed by atoms with Gasteiger partial charge in [0.05, 0.1) is 0 Å².